The minimum absolute atomic E-state index is 0.317. The molecule has 0 saturated heterocycles. The third kappa shape index (κ3) is 13.9. The van der Waals surface area contributed by atoms with E-state index in [9.17, 15) is 0 Å². The summed E-state index contributed by atoms with van der Waals surface area (Å²) in [5, 5.41) is 5.80. The molecule has 0 atom stereocenters. The van der Waals surface area contributed by atoms with Crippen molar-refractivity contribution in [1.82, 2.24) is 54.8 Å². The van der Waals surface area contributed by atoms with Gasteiger partial charge in [0.1, 0.15) is 0 Å². The van der Waals surface area contributed by atoms with E-state index in [1.165, 1.54) is 44.5 Å². The zero-order valence-electron chi connectivity index (χ0n) is 78.4. The van der Waals surface area contributed by atoms with Crippen molar-refractivity contribution in [3.8, 4) is 89.5 Å². The number of hydrogen-bond donors (Lipinski definition) is 2. The van der Waals surface area contributed by atoms with Crippen LogP contribution < -0.4 is 0 Å². The first-order valence-corrected chi connectivity index (χ1v) is 45.5. The second-order valence-corrected chi connectivity index (χ2v) is 44.6. The molecule has 0 spiro atoms. The van der Waals surface area contributed by atoms with Crippen LogP contribution in [0, 0.1) is 0 Å². The largest absolute Gasteiger partial charge is 0.353 e. The number of nitrogens with one attached hydrogen (secondary N) is 2. The van der Waals surface area contributed by atoms with Gasteiger partial charge in [-0.3, -0.25) is 0 Å². The SMILES string of the molecule is CC(C)(C)c1cc(-c2c3nc(c(-c4cc(C(C)(C)C)cc(C(C)(C)C)c4)c4[nH]c(c(-c5cc(C(C)(C)C)cc(C(C)(C)C)c5)c5nc(c(-c6cc(C(C)(C)C)cc(C(C)(C)C)c6)c6[nH]c2c2cc7nc8ccccc8nc7cc62)-c2cc6nc7ccccc7nc6cc2-5)c2cc5nc6ccccc6nc5cc42)-c2cc4nc5ccccc5cc4cc2-3)cc(C(C)(C)C)c1. The van der Waals surface area contributed by atoms with Crippen LogP contribution in [0.1, 0.15) is 211 Å². The van der Waals surface area contributed by atoms with Crippen molar-refractivity contribution in [2.24, 2.45) is 0 Å². The molecule has 6 aromatic heterocycles. The predicted octanol–water partition coefficient (Wildman–Crippen LogP) is 31.3. The average molecular weight is 1670 g/mol. The number of rotatable bonds is 4. The van der Waals surface area contributed by atoms with Crippen molar-refractivity contribution in [2.75, 3.05) is 0 Å². The first kappa shape index (κ1) is 81.8. The van der Waals surface area contributed by atoms with E-state index in [4.69, 9.17) is 44.9 Å². The first-order chi connectivity index (χ1) is 60.4. The summed E-state index contributed by atoms with van der Waals surface area (Å²) in [7, 11) is 0. The fourth-order valence-electron chi connectivity index (χ4n) is 19.1. The topological polar surface area (TPSA) is 148 Å². The van der Waals surface area contributed by atoms with Crippen molar-refractivity contribution in [3.05, 3.63) is 269 Å². The molecule has 8 heterocycles. The Morgan fingerprint density at radius 3 is 0.617 bits per heavy atom. The summed E-state index contributed by atoms with van der Waals surface area (Å²) in [5.74, 6) is 0. The van der Waals surface area contributed by atoms with Gasteiger partial charge in [0.2, 0.25) is 0 Å². The molecule has 0 amide bonds. The fraction of sp³-hybridized carbons (Fsp3) is 0.274. The molecule has 128 heavy (non-hydrogen) atoms. The minimum Gasteiger partial charge on any atom is -0.353 e. The van der Waals surface area contributed by atoms with Gasteiger partial charge in [-0.15, -0.1) is 0 Å². The summed E-state index contributed by atoms with van der Waals surface area (Å²) in [5.41, 5.74) is 36.0. The summed E-state index contributed by atoms with van der Waals surface area (Å²) < 4.78 is 0. The highest BCUT2D eigenvalue weighted by molar-refractivity contribution is 6.25. The Morgan fingerprint density at radius 2 is 0.375 bits per heavy atom. The molecule has 2 N–H and O–H groups in total. The number of pyridine rings is 1. The molecule has 18 aromatic rings. The van der Waals surface area contributed by atoms with Gasteiger partial charge in [-0.1, -0.05) is 294 Å². The van der Waals surface area contributed by atoms with E-state index in [2.05, 4.69) is 401 Å². The predicted molar refractivity (Wildman–Crippen MR) is 541 cm³/mol. The van der Waals surface area contributed by atoms with E-state index >= 15 is 0 Å². The highest BCUT2D eigenvalue weighted by Gasteiger charge is 2.37. The molecule has 1 aliphatic carbocycles. The van der Waals surface area contributed by atoms with Crippen molar-refractivity contribution in [3.63, 3.8) is 0 Å². The zero-order chi connectivity index (χ0) is 89.7. The normalized spacial score (nSPS) is 13.3. The summed E-state index contributed by atoms with van der Waals surface area (Å²) in [4.78, 5) is 62.3. The Hall–Kier alpha value is -13.3. The van der Waals surface area contributed by atoms with Crippen LogP contribution in [0.3, 0.4) is 0 Å². The molecule has 634 valence electrons. The maximum absolute atomic E-state index is 6.76. The van der Waals surface area contributed by atoms with Gasteiger partial charge in [0.15, 0.2) is 0 Å². The highest BCUT2D eigenvalue weighted by Crippen LogP contribution is 2.56. The molecule has 11 heteroatoms. The second-order valence-electron chi connectivity index (χ2n) is 44.6. The van der Waals surface area contributed by atoms with Gasteiger partial charge in [-0.2, -0.15) is 0 Å². The van der Waals surface area contributed by atoms with E-state index in [0.29, 0.717) is 0 Å². The number of benzene rings is 12. The van der Waals surface area contributed by atoms with Crippen LogP contribution >= 0.6 is 0 Å². The lowest BCUT2D eigenvalue weighted by Crippen LogP contribution is -2.16. The molecular formula is C117H111N11. The number of H-pyrrole nitrogens is 2. The minimum atomic E-state index is -0.323. The first-order valence-electron chi connectivity index (χ1n) is 45.5. The van der Waals surface area contributed by atoms with Crippen LogP contribution in [-0.4, -0.2) is 54.8 Å². The third-order valence-corrected chi connectivity index (χ3v) is 26.9. The lowest BCUT2D eigenvalue weighted by atomic mass is 9.78. The molecule has 12 aromatic carbocycles. The van der Waals surface area contributed by atoms with Gasteiger partial charge in [0.25, 0.3) is 0 Å². The smallest absolute Gasteiger partial charge is 0.0901 e. The van der Waals surface area contributed by atoms with Crippen molar-refractivity contribution in [1.29, 1.82) is 0 Å². The van der Waals surface area contributed by atoms with E-state index in [1.807, 2.05) is 0 Å². The van der Waals surface area contributed by atoms with Crippen LogP contribution in [0.5, 0.6) is 0 Å². The Kier molecular flexibility index (Phi) is 18.0. The Labute approximate surface area is 749 Å². The van der Waals surface area contributed by atoms with Crippen LogP contribution in [0.25, 0.3) is 221 Å². The van der Waals surface area contributed by atoms with Crippen LogP contribution in [-0.2, 0) is 43.3 Å². The van der Waals surface area contributed by atoms with Gasteiger partial charge >= 0.3 is 0 Å². The maximum atomic E-state index is 6.76. The number of para-hydroxylation sites is 7. The van der Waals surface area contributed by atoms with E-state index < -0.39 is 0 Å². The number of aromatic nitrogens is 11. The Bertz CT molecular complexity index is 7170. The molecule has 21 rings (SSSR count). The number of aromatic amines is 2. The summed E-state index contributed by atoms with van der Waals surface area (Å²) >= 11 is 0. The Morgan fingerprint density at radius 1 is 0.172 bits per heavy atom. The number of nitrogens with zero attached hydrogens (tertiary/aromatic N) is 9. The standard InChI is InChI=1S/C117H111N11/c1-110(2,3)68-42-64(43-69(51-68)111(4,5)6)98-102-76-50-63-41-62-33-25-26-34-84(62)118-91(63)55-77(76)103(125-102)99(65-44-70(112(7,8)9)52-71(45-65)113(10,11)12)105-80-58-94-95(122-88-38-30-29-37-87(88)121-94)59-81(80)107(127-105)101(67-48-74(116(19,20)21)54-75(49-67)117(22,23)24)109-83-61-97-96(123-89-39-31-32-40-90(89)124-97)60-82(83)108(128-109)100(66-46-72(114(13,14)15)53-73(47-66)115(16,17)18)106-79-57-93-92(56-78(79)104(98)126-106)119-85-35-27-28-36-86(85)120-93/h25-61,126-127H,1-24H3. The lowest BCUT2D eigenvalue weighted by molar-refractivity contribution is 0.568. The van der Waals surface area contributed by atoms with Crippen molar-refractivity contribution >= 4 is 132 Å². The van der Waals surface area contributed by atoms with Gasteiger partial charge < -0.3 is 9.97 Å². The van der Waals surface area contributed by atoms with Gasteiger partial charge in [0, 0.05) is 76.8 Å². The van der Waals surface area contributed by atoms with E-state index in [1.54, 1.807) is 0 Å². The molecule has 0 radical (unpaired) electrons. The van der Waals surface area contributed by atoms with Crippen molar-refractivity contribution in [2.45, 2.75) is 209 Å². The molecule has 2 aliphatic heterocycles. The quantitative estimate of drug-likeness (QED) is 0.164. The second kappa shape index (κ2) is 28.1. The van der Waals surface area contributed by atoms with Crippen LogP contribution in [0.2, 0.25) is 0 Å². The fourth-order valence-corrected chi connectivity index (χ4v) is 19.1. The highest BCUT2D eigenvalue weighted by atomic mass is 14.9. The maximum Gasteiger partial charge on any atom is 0.0901 e. The molecule has 8 bridgehead atoms. The number of fused-ring (bicyclic) bond motifs is 8. The summed E-state index contributed by atoms with van der Waals surface area (Å²) in [6.45, 7) is 56.2. The van der Waals surface area contributed by atoms with E-state index in [0.717, 1.165) is 221 Å². The summed E-state index contributed by atoms with van der Waals surface area (Å²) in [6, 6.07) is 83.7. The average Bonchev–Trinajstić information content (AvgIpc) is 1.54. The zero-order valence-corrected chi connectivity index (χ0v) is 78.4. The third-order valence-electron chi connectivity index (χ3n) is 26.9. The Balaban J connectivity index is 1.14. The van der Waals surface area contributed by atoms with E-state index in [-0.39, 0.29) is 43.3 Å². The molecular weight excluding hydrogens is 1560 g/mol. The molecule has 11 nitrogen and oxygen atoms in total. The lowest BCUT2D eigenvalue weighted by Gasteiger charge is -2.26. The van der Waals surface area contributed by atoms with Gasteiger partial charge in [-0.05, 0) is 207 Å². The van der Waals surface area contributed by atoms with Crippen molar-refractivity contribution < 1.29 is 0 Å². The van der Waals surface area contributed by atoms with Gasteiger partial charge in [0.05, 0.1) is 122 Å². The summed E-state index contributed by atoms with van der Waals surface area (Å²) in [6.07, 6.45) is 0. The van der Waals surface area contributed by atoms with Crippen LogP contribution in [0.15, 0.2) is 224 Å². The molecule has 0 fully saturated rings. The molecule has 0 saturated carbocycles. The molecule has 0 unspecified atom stereocenters. The molecule has 3 aliphatic rings. The number of hydrogen-bond acceptors (Lipinski definition) is 9. The van der Waals surface area contributed by atoms with Gasteiger partial charge in [-0.25, -0.2) is 44.9 Å². The van der Waals surface area contributed by atoms with Crippen LogP contribution in [0.4, 0.5) is 0 Å². The monoisotopic (exact) mass is 1670 g/mol.